The summed E-state index contributed by atoms with van der Waals surface area (Å²) >= 11 is 0. The predicted molar refractivity (Wildman–Crippen MR) is 120 cm³/mol. The second kappa shape index (κ2) is 10.4. The summed E-state index contributed by atoms with van der Waals surface area (Å²) in [6.45, 7) is 8.20. The van der Waals surface area contributed by atoms with Gasteiger partial charge in [-0.2, -0.15) is 0 Å². The van der Waals surface area contributed by atoms with E-state index in [-0.39, 0.29) is 30.8 Å². The number of rotatable bonds is 6. The summed E-state index contributed by atoms with van der Waals surface area (Å²) in [6, 6.07) is 5.88. The van der Waals surface area contributed by atoms with Gasteiger partial charge in [0.2, 0.25) is 6.79 Å². The van der Waals surface area contributed by atoms with E-state index in [4.69, 9.17) is 14.2 Å². The van der Waals surface area contributed by atoms with Crippen molar-refractivity contribution in [1.82, 2.24) is 15.6 Å². The topological polar surface area (TPSA) is 77.0 Å². The number of fused-ring (bicyclic) bond motifs is 1. The molecule has 0 fully saturated rings. The van der Waals surface area contributed by atoms with Gasteiger partial charge in [-0.1, -0.05) is 6.07 Å². The first-order valence-electron chi connectivity index (χ1n) is 9.02. The molecule has 28 heavy (non-hydrogen) atoms. The van der Waals surface area contributed by atoms with E-state index in [2.05, 4.69) is 20.6 Å². The molecule has 0 bridgehead atoms. The molecular formula is C20H27IN4O3. The summed E-state index contributed by atoms with van der Waals surface area (Å²) in [5.41, 5.74) is 4.06. The highest BCUT2D eigenvalue weighted by molar-refractivity contribution is 14.0. The molecule has 152 valence electrons. The van der Waals surface area contributed by atoms with Crippen LogP contribution in [-0.2, 0) is 13.1 Å². The minimum absolute atomic E-state index is 0. The first-order valence-corrected chi connectivity index (χ1v) is 9.02. The van der Waals surface area contributed by atoms with E-state index in [1.165, 1.54) is 0 Å². The van der Waals surface area contributed by atoms with E-state index in [0.717, 1.165) is 52.1 Å². The number of hydrogen-bond acceptors (Lipinski definition) is 5. The molecule has 0 radical (unpaired) electrons. The Morgan fingerprint density at radius 1 is 1.21 bits per heavy atom. The molecule has 0 atom stereocenters. The van der Waals surface area contributed by atoms with Crippen LogP contribution in [0.15, 0.2) is 29.4 Å². The van der Waals surface area contributed by atoms with Crippen molar-refractivity contribution < 1.29 is 14.2 Å². The van der Waals surface area contributed by atoms with Gasteiger partial charge in [-0.05, 0) is 38.5 Å². The molecule has 1 aliphatic rings. The second-order valence-electron chi connectivity index (χ2n) is 6.28. The molecular weight excluding hydrogens is 471 g/mol. The SMILES string of the molecule is CCNC(=NCc1ccc2c(c1)OCO2)NCc1ncc(C)c(OC)c1C.I. The number of benzene rings is 1. The quantitative estimate of drug-likeness (QED) is 0.362. The highest BCUT2D eigenvalue weighted by Crippen LogP contribution is 2.32. The van der Waals surface area contributed by atoms with E-state index in [1.807, 2.05) is 45.2 Å². The Kier molecular flexibility index (Phi) is 8.16. The number of aromatic nitrogens is 1. The van der Waals surface area contributed by atoms with Gasteiger partial charge < -0.3 is 24.8 Å². The predicted octanol–water partition coefficient (Wildman–Crippen LogP) is 3.31. The number of aliphatic imine (C=N–C) groups is 1. The Hall–Kier alpha value is -2.23. The standard InChI is InChI=1S/C20H26N4O3.HI/c1-5-21-20(23-10-15-6-7-17-18(8-15)27-12-26-17)24-11-16-14(3)19(25-4)13(2)9-22-16;/h6-9H,5,10-12H2,1-4H3,(H2,21,23,24);1H. The zero-order valence-corrected chi connectivity index (χ0v) is 19.0. The van der Waals surface area contributed by atoms with Crippen LogP contribution in [0, 0.1) is 13.8 Å². The first kappa shape index (κ1) is 22.1. The number of guanidine groups is 1. The maximum atomic E-state index is 5.48. The van der Waals surface area contributed by atoms with Crippen molar-refractivity contribution >= 4 is 29.9 Å². The minimum atomic E-state index is 0. The van der Waals surface area contributed by atoms with Crippen molar-refractivity contribution in [1.29, 1.82) is 0 Å². The maximum Gasteiger partial charge on any atom is 0.231 e. The van der Waals surface area contributed by atoms with E-state index in [9.17, 15) is 0 Å². The molecule has 0 saturated carbocycles. The molecule has 0 aliphatic carbocycles. The number of methoxy groups -OCH3 is 1. The number of nitrogens with one attached hydrogen (secondary N) is 2. The van der Waals surface area contributed by atoms with Crippen LogP contribution in [0.3, 0.4) is 0 Å². The molecule has 0 amide bonds. The van der Waals surface area contributed by atoms with Gasteiger partial charge in [0.1, 0.15) is 5.75 Å². The van der Waals surface area contributed by atoms with Gasteiger partial charge in [-0.3, -0.25) is 4.98 Å². The fraction of sp³-hybridized carbons (Fsp3) is 0.400. The number of pyridine rings is 1. The molecule has 7 nitrogen and oxygen atoms in total. The normalized spacial score (nSPS) is 12.4. The third-order valence-electron chi connectivity index (χ3n) is 4.37. The van der Waals surface area contributed by atoms with Crippen molar-refractivity contribution in [3.05, 3.63) is 46.8 Å². The molecule has 1 aromatic heterocycles. The van der Waals surface area contributed by atoms with Gasteiger partial charge in [0, 0.05) is 23.9 Å². The average Bonchev–Trinajstić information content (AvgIpc) is 3.13. The molecule has 3 rings (SSSR count). The first-order chi connectivity index (χ1) is 13.1. The lowest BCUT2D eigenvalue weighted by Gasteiger charge is -2.15. The Bertz CT molecular complexity index is 842. The summed E-state index contributed by atoms with van der Waals surface area (Å²) in [5, 5.41) is 6.59. The van der Waals surface area contributed by atoms with Gasteiger partial charge in [-0.25, -0.2) is 4.99 Å². The maximum absolute atomic E-state index is 5.48. The molecule has 8 heteroatoms. The van der Waals surface area contributed by atoms with E-state index in [1.54, 1.807) is 7.11 Å². The van der Waals surface area contributed by atoms with Crippen molar-refractivity contribution in [2.45, 2.75) is 33.9 Å². The zero-order valence-electron chi connectivity index (χ0n) is 16.7. The molecule has 1 aromatic carbocycles. The van der Waals surface area contributed by atoms with Crippen LogP contribution in [0.4, 0.5) is 0 Å². The minimum Gasteiger partial charge on any atom is -0.496 e. The van der Waals surface area contributed by atoms with Crippen molar-refractivity contribution in [3.8, 4) is 17.2 Å². The van der Waals surface area contributed by atoms with E-state index in [0.29, 0.717) is 13.1 Å². The molecule has 1 aliphatic heterocycles. The Labute approximate surface area is 182 Å². The largest absolute Gasteiger partial charge is 0.496 e. The second-order valence-corrected chi connectivity index (χ2v) is 6.28. The fourth-order valence-electron chi connectivity index (χ4n) is 2.97. The molecule has 0 saturated heterocycles. The lowest BCUT2D eigenvalue weighted by Crippen LogP contribution is -2.37. The molecule has 0 unspecified atom stereocenters. The zero-order chi connectivity index (χ0) is 19.2. The number of ether oxygens (including phenoxy) is 3. The third-order valence-corrected chi connectivity index (χ3v) is 4.37. The lowest BCUT2D eigenvalue weighted by atomic mass is 10.1. The highest BCUT2D eigenvalue weighted by Gasteiger charge is 2.13. The number of halogens is 1. The summed E-state index contributed by atoms with van der Waals surface area (Å²) in [6.07, 6.45) is 1.83. The van der Waals surface area contributed by atoms with Crippen molar-refractivity contribution in [2.75, 3.05) is 20.4 Å². The van der Waals surface area contributed by atoms with Gasteiger partial charge in [0.15, 0.2) is 17.5 Å². The van der Waals surface area contributed by atoms with Crippen LogP contribution >= 0.6 is 24.0 Å². The Balaban J connectivity index is 0.00000280. The molecule has 2 heterocycles. The fourth-order valence-corrected chi connectivity index (χ4v) is 2.97. The molecule has 2 N–H and O–H groups in total. The van der Waals surface area contributed by atoms with E-state index >= 15 is 0 Å². The highest BCUT2D eigenvalue weighted by atomic mass is 127. The Morgan fingerprint density at radius 3 is 2.75 bits per heavy atom. The average molecular weight is 498 g/mol. The van der Waals surface area contributed by atoms with Gasteiger partial charge in [0.25, 0.3) is 0 Å². The summed E-state index contributed by atoms with van der Waals surface area (Å²) in [5.74, 6) is 3.16. The summed E-state index contributed by atoms with van der Waals surface area (Å²) in [4.78, 5) is 9.17. The number of nitrogens with zero attached hydrogens (tertiary/aromatic N) is 2. The molecule has 0 spiro atoms. The number of aryl methyl sites for hydroxylation is 1. The van der Waals surface area contributed by atoms with Crippen LogP contribution in [0.25, 0.3) is 0 Å². The van der Waals surface area contributed by atoms with Crippen LogP contribution in [0.1, 0.15) is 29.3 Å². The van der Waals surface area contributed by atoms with Crippen LogP contribution in [0.5, 0.6) is 17.2 Å². The molecule has 2 aromatic rings. The van der Waals surface area contributed by atoms with Gasteiger partial charge in [-0.15, -0.1) is 24.0 Å². The summed E-state index contributed by atoms with van der Waals surface area (Å²) < 4.78 is 16.2. The van der Waals surface area contributed by atoms with Crippen molar-refractivity contribution in [3.63, 3.8) is 0 Å². The van der Waals surface area contributed by atoms with Crippen LogP contribution < -0.4 is 24.8 Å². The van der Waals surface area contributed by atoms with Crippen LogP contribution in [0.2, 0.25) is 0 Å². The van der Waals surface area contributed by atoms with Gasteiger partial charge in [0.05, 0.1) is 25.9 Å². The number of hydrogen-bond donors (Lipinski definition) is 2. The van der Waals surface area contributed by atoms with Crippen LogP contribution in [-0.4, -0.2) is 31.4 Å². The Morgan fingerprint density at radius 2 is 2.00 bits per heavy atom. The lowest BCUT2D eigenvalue weighted by molar-refractivity contribution is 0.174. The van der Waals surface area contributed by atoms with E-state index < -0.39 is 0 Å². The smallest absolute Gasteiger partial charge is 0.231 e. The van der Waals surface area contributed by atoms with Gasteiger partial charge >= 0.3 is 0 Å². The summed E-state index contributed by atoms with van der Waals surface area (Å²) in [7, 11) is 1.68. The van der Waals surface area contributed by atoms with Crippen molar-refractivity contribution in [2.24, 2.45) is 4.99 Å². The monoisotopic (exact) mass is 498 g/mol. The third kappa shape index (κ3) is 5.18.